The Morgan fingerprint density at radius 1 is 1.05 bits per heavy atom. The van der Waals surface area contributed by atoms with Crippen molar-refractivity contribution >= 4 is 41.9 Å². The van der Waals surface area contributed by atoms with Crippen molar-refractivity contribution in [3.63, 3.8) is 0 Å². The standard InChI is InChI=1S/C13H10Br2FNO2S/c14-10-3-6-13(12(15)7-10)20(18,19)17-8-9-1-4-11(16)5-2-9/h1-7,17H,8H2. The van der Waals surface area contributed by atoms with E-state index in [0.717, 1.165) is 4.47 Å². The van der Waals surface area contributed by atoms with E-state index in [4.69, 9.17) is 0 Å². The monoisotopic (exact) mass is 421 g/mol. The maximum atomic E-state index is 12.8. The topological polar surface area (TPSA) is 46.2 Å². The Hall–Kier alpha value is -0.760. The van der Waals surface area contributed by atoms with Crippen LogP contribution in [0, 0.1) is 5.82 Å². The predicted octanol–water partition coefficient (Wildman–Crippen LogP) is 3.83. The van der Waals surface area contributed by atoms with E-state index in [-0.39, 0.29) is 17.3 Å². The summed E-state index contributed by atoms with van der Waals surface area (Å²) in [5.41, 5.74) is 0.684. The van der Waals surface area contributed by atoms with Crippen molar-refractivity contribution < 1.29 is 12.8 Å². The molecule has 0 aliphatic heterocycles. The highest BCUT2D eigenvalue weighted by Crippen LogP contribution is 2.25. The van der Waals surface area contributed by atoms with Gasteiger partial charge in [-0.1, -0.05) is 28.1 Å². The van der Waals surface area contributed by atoms with Gasteiger partial charge >= 0.3 is 0 Å². The second-order valence-electron chi connectivity index (χ2n) is 4.03. The summed E-state index contributed by atoms with van der Waals surface area (Å²) >= 11 is 6.48. The van der Waals surface area contributed by atoms with Crippen LogP contribution in [0.3, 0.4) is 0 Å². The van der Waals surface area contributed by atoms with Crippen molar-refractivity contribution in [2.75, 3.05) is 0 Å². The highest BCUT2D eigenvalue weighted by atomic mass is 79.9. The lowest BCUT2D eigenvalue weighted by Gasteiger charge is -2.09. The average molecular weight is 423 g/mol. The summed E-state index contributed by atoms with van der Waals surface area (Å²) in [6.45, 7) is 0.102. The van der Waals surface area contributed by atoms with E-state index in [1.54, 1.807) is 12.1 Å². The minimum absolute atomic E-state index is 0.102. The van der Waals surface area contributed by atoms with Gasteiger partial charge in [-0.05, 0) is 51.8 Å². The summed E-state index contributed by atoms with van der Waals surface area (Å²) in [6, 6.07) is 10.5. The lowest BCUT2D eigenvalue weighted by atomic mass is 10.2. The molecule has 0 saturated heterocycles. The normalized spacial score (nSPS) is 11.6. The van der Waals surface area contributed by atoms with Crippen molar-refractivity contribution in [1.82, 2.24) is 4.72 Å². The van der Waals surface area contributed by atoms with Gasteiger partial charge < -0.3 is 0 Å². The Morgan fingerprint density at radius 3 is 2.30 bits per heavy atom. The number of hydrogen-bond donors (Lipinski definition) is 1. The number of rotatable bonds is 4. The fourth-order valence-corrected chi connectivity index (χ4v) is 4.31. The third-order valence-corrected chi connectivity index (χ3v) is 5.43. The zero-order chi connectivity index (χ0) is 14.8. The van der Waals surface area contributed by atoms with Crippen LogP contribution in [-0.4, -0.2) is 8.42 Å². The lowest BCUT2D eigenvalue weighted by molar-refractivity contribution is 0.580. The second kappa shape index (κ2) is 6.34. The number of halogens is 3. The van der Waals surface area contributed by atoms with Crippen molar-refractivity contribution in [3.05, 3.63) is 62.8 Å². The maximum Gasteiger partial charge on any atom is 0.241 e. The highest BCUT2D eigenvalue weighted by molar-refractivity contribution is 9.11. The first-order valence-electron chi connectivity index (χ1n) is 5.58. The first-order chi connectivity index (χ1) is 9.38. The molecule has 2 aromatic carbocycles. The van der Waals surface area contributed by atoms with Gasteiger partial charge in [0.1, 0.15) is 5.82 Å². The Bertz CT molecular complexity index is 718. The SMILES string of the molecule is O=S(=O)(NCc1ccc(F)cc1)c1ccc(Br)cc1Br. The van der Waals surface area contributed by atoms with Crippen LogP contribution >= 0.6 is 31.9 Å². The Morgan fingerprint density at radius 2 is 1.70 bits per heavy atom. The quantitative estimate of drug-likeness (QED) is 0.813. The smallest absolute Gasteiger partial charge is 0.207 e. The molecule has 0 aromatic heterocycles. The molecule has 2 aromatic rings. The number of sulfonamides is 1. The van der Waals surface area contributed by atoms with Gasteiger partial charge in [0.15, 0.2) is 0 Å². The summed E-state index contributed by atoms with van der Waals surface area (Å²) in [7, 11) is -3.63. The summed E-state index contributed by atoms with van der Waals surface area (Å²) in [6.07, 6.45) is 0. The molecular formula is C13H10Br2FNO2S. The van der Waals surface area contributed by atoms with E-state index >= 15 is 0 Å². The van der Waals surface area contributed by atoms with Crippen LogP contribution in [0.2, 0.25) is 0 Å². The Labute approximate surface area is 133 Å². The summed E-state index contributed by atoms with van der Waals surface area (Å²) in [5.74, 6) is -0.354. The van der Waals surface area contributed by atoms with Gasteiger partial charge in [0.25, 0.3) is 0 Å². The molecule has 0 bridgehead atoms. The fourth-order valence-electron chi connectivity index (χ4n) is 1.55. The molecule has 0 fully saturated rings. The highest BCUT2D eigenvalue weighted by Gasteiger charge is 2.17. The molecule has 7 heteroatoms. The summed E-state index contributed by atoms with van der Waals surface area (Å²) in [4.78, 5) is 0.155. The maximum absolute atomic E-state index is 12.8. The largest absolute Gasteiger partial charge is 0.241 e. The Balaban J connectivity index is 2.17. The molecule has 0 spiro atoms. The first kappa shape index (κ1) is 15.6. The van der Waals surface area contributed by atoms with Crippen LogP contribution in [0.15, 0.2) is 56.3 Å². The number of nitrogens with one attached hydrogen (secondary N) is 1. The molecule has 20 heavy (non-hydrogen) atoms. The molecule has 2 rings (SSSR count). The molecule has 0 aliphatic rings. The zero-order valence-electron chi connectivity index (χ0n) is 10.1. The first-order valence-corrected chi connectivity index (χ1v) is 8.64. The molecule has 0 saturated carbocycles. The molecule has 1 N–H and O–H groups in total. The van der Waals surface area contributed by atoms with E-state index in [0.29, 0.717) is 10.0 Å². The summed E-state index contributed by atoms with van der Waals surface area (Å²) < 4.78 is 40.8. The van der Waals surface area contributed by atoms with Gasteiger partial charge in [-0.15, -0.1) is 0 Å². The lowest BCUT2D eigenvalue weighted by Crippen LogP contribution is -2.23. The van der Waals surface area contributed by atoms with E-state index in [1.165, 1.54) is 30.3 Å². The Kier molecular flexibility index (Phi) is 4.95. The van der Waals surface area contributed by atoms with Gasteiger partial charge in [-0.3, -0.25) is 0 Å². The number of benzene rings is 2. The van der Waals surface area contributed by atoms with E-state index in [2.05, 4.69) is 36.6 Å². The van der Waals surface area contributed by atoms with Gasteiger partial charge in [0.05, 0.1) is 4.90 Å². The van der Waals surface area contributed by atoms with Crippen LogP contribution < -0.4 is 4.72 Å². The van der Waals surface area contributed by atoms with Crippen LogP contribution in [-0.2, 0) is 16.6 Å². The third kappa shape index (κ3) is 3.88. The van der Waals surface area contributed by atoms with Gasteiger partial charge in [-0.25, -0.2) is 17.5 Å². The van der Waals surface area contributed by atoms with Crippen LogP contribution in [0.1, 0.15) is 5.56 Å². The molecule has 0 radical (unpaired) electrons. The third-order valence-electron chi connectivity index (χ3n) is 2.56. The van der Waals surface area contributed by atoms with Crippen LogP contribution in [0.5, 0.6) is 0 Å². The minimum Gasteiger partial charge on any atom is -0.207 e. The van der Waals surface area contributed by atoms with Crippen molar-refractivity contribution in [2.24, 2.45) is 0 Å². The molecule has 0 amide bonds. The van der Waals surface area contributed by atoms with E-state index < -0.39 is 10.0 Å². The van der Waals surface area contributed by atoms with Gasteiger partial charge in [-0.2, -0.15) is 0 Å². The average Bonchev–Trinajstić information content (AvgIpc) is 2.37. The molecule has 3 nitrogen and oxygen atoms in total. The van der Waals surface area contributed by atoms with Crippen LogP contribution in [0.4, 0.5) is 4.39 Å². The second-order valence-corrected chi connectivity index (χ2v) is 7.53. The molecule has 0 aliphatic carbocycles. The van der Waals surface area contributed by atoms with Crippen molar-refractivity contribution in [2.45, 2.75) is 11.4 Å². The molecular weight excluding hydrogens is 413 g/mol. The van der Waals surface area contributed by atoms with Crippen molar-refractivity contribution in [1.29, 1.82) is 0 Å². The van der Waals surface area contributed by atoms with Crippen molar-refractivity contribution in [3.8, 4) is 0 Å². The van der Waals surface area contributed by atoms with E-state index in [1.807, 2.05) is 0 Å². The van der Waals surface area contributed by atoms with E-state index in [9.17, 15) is 12.8 Å². The number of hydrogen-bond acceptors (Lipinski definition) is 2. The zero-order valence-corrected chi connectivity index (χ0v) is 14.1. The van der Waals surface area contributed by atoms with Gasteiger partial charge in [0.2, 0.25) is 10.0 Å². The fraction of sp³-hybridized carbons (Fsp3) is 0.0769. The predicted molar refractivity (Wildman–Crippen MR) is 82.3 cm³/mol. The van der Waals surface area contributed by atoms with Crippen LogP contribution in [0.25, 0.3) is 0 Å². The molecule has 106 valence electrons. The summed E-state index contributed by atoms with van der Waals surface area (Å²) in [5, 5.41) is 0. The van der Waals surface area contributed by atoms with Gasteiger partial charge in [0, 0.05) is 15.5 Å². The minimum atomic E-state index is -3.63. The molecule has 0 unspecified atom stereocenters. The molecule has 0 atom stereocenters. The molecule has 0 heterocycles.